The molecule has 0 radical (unpaired) electrons. The van der Waals surface area contributed by atoms with Gasteiger partial charge in [0.05, 0.1) is 35.4 Å². The van der Waals surface area contributed by atoms with Crippen LogP contribution in [0.1, 0.15) is 84.0 Å². The smallest absolute Gasteiger partial charge is 0.341 e. The van der Waals surface area contributed by atoms with Gasteiger partial charge >= 0.3 is 5.97 Å². The third kappa shape index (κ3) is 4.99. The van der Waals surface area contributed by atoms with Crippen molar-refractivity contribution in [3.8, 4) is 16.8 Å². The molecule has 1 aliphatic heterocycles. The average molecular weight is 571 g/mol. The predicted molar refractivity (Wildman–Crippen MR) is 155 cm³/mol. The molecular weight excluding hydrogens is 535 g/mol. The fourth-order valence-corrected chi connectivity index (χ4v) is 6.09. The van der Waals surface area contributed by atoms with Crippen molar-refractivity contribution in [3.05, 3.63) is 83.2 Å². The third-order valence-electron chi connectivity index (χ3n) is 8.58. The topological polar surface area (TPSA) is 95.1 Å². The second-order valence-corrected chi connectivity index (χ2v) is 11.5. The first kappa shape index (κ1) is 27.8. The van der Waals surface area contributed by atoms with Crippen molar-refractivity contribution in [2.24, 2.45) is 7.05 Å². The summed E-state index contributed by atoms with van der Waals surface area (Å²) in [6.45, 7) is 5.42. The standard InChI is InChI=1S/C32H35FN6O3/c1-4-42-31(41)25-19-34-39(29(25)26-18-32(26,2)27-20-37(3)36-35-27)22-12-9-11-21(17-22)23-13-10-14-24(28(23)33)30(40)38-15-7-5-6-8-16-38/h9-14,17,19-20,26H,4-8,15-16,18H2,1-3H3/t26-,32-/m1/s1. The highest BCUT2D eigenvalue weighted by Gasteiger charge is 2.57. The second-order valence-electron chi connectivity index (χ2n) is 11.5. The number of aryl methyl sites for hydroxylation is 1. The Morgan fingerprint density at radius 1 is 1.07 bits per heavy atom. The monoisotopic (exact) mass is 570 g/mol. The molecule has 0 spiro atoms. The van der Waals surface area contributed by atoms with Crippen LogP contribution in [-0.2, 0) is 17.2 Å². The summed E-state index contributed by atoms with van der Waals surface area (Å²) in [6.07, 6.45) is 8.25. The minimum Gasteiger partial charge on any atom is -0.462 e. The average Bonchev–Trinajstić information content (AvgIpc) is 3.32. The van der Waals surface area contributed by atoms with Crippen molar-refractivity contribution in [1.82, 2.24) is 29.7 Å². The molecule has 42 heavy (non-hydrogen) atoms. The summed E-state index contributed by atoms with van der Waals surface area (Å²) >= 11 is 0. The number of carbonyl (C=O) groups excluding carboxylic acids is 2. The zero-order valence-corrected chi connectivity index (χ0v) is 24.2. The molecule has 1 saturated heterocycles. The van der Waals surface area contributed by atoms with E-state index in [1.807, 2.05) is 37.5 Å². The largest absolute Gasteiger partial charge is 0.462 e. The van der Waals surface area contributed by atoms with Crippen molar-refractivity contribution >= 4 is 11.9 Å². The van der Waals surface area contributed by atoms with E-state index in [0.717, 1.165) is 43.5 Å². The fourth-order valence-electron chi connectivity index (χ4n) is 6.09. The van der Waals surface area contributed by atoms with E-state index in [4.69, 9.17) is 4.74 Å². The van der Waals surface area contributed by atoms with E-state index in [0.29, 0.717) is 35.5 Å². The van der Waals surface area contributed by atoms with Gasteiger partial charge in [0.25, 0.3) is 5.91 Å². The van der Waals surface area contributed by atoms with Crippen LogP contribution in [0.3, 0.4) is 0 Å². The maximum absolute atomic E-state index is 16.0. The lowest BCUT2D eigenvalue weighted by Crippen LogP contribution is -2.32. The van der Waals surface area contributed by atoms with Crippen LogP contribution in [-0.4, -0.2) is 61.2 Å². The molecule has 0 bridgehead atoms. The Morgan fingerprint density at radius 2 is 1.83 bits per heavy atom. The minimum absolute atomic E-state index is 0.0499. The quantitative estimate of drug-likeness (QED) is 0.275. The van der Waals surface area contributed by atoms with Crippen LogP contribution in [0.5, 0.6) is 0 Å². The SMILES string of the molecule is CCOC(=O)c1cnn(-c2cccc(-c3cccc(C(=O)N4CCCCCC4)c3F)c2)c1[C@H]1C[C@@]1(C)c1cn(C)nn1. The van der Waals surface area contributed by atoms with Gasteiger partial charge in [-0.15, -0.1) is 5.10 Å². The van der Waals surface area contributed by atoms with Crippen LogP contribution in [0.15, 0.2) is 54.9 Å². The number of likely N-dealkylation sites (tertiary alicyclic amines) is 1. The molecule has 0 unspecified atom stereocenters. The zero-order valence-electron chi connectivity index (χ0n) is 24.2. The fraction of sp³-hybridized carbons (Fsp3) is 0.406. The van der Waals surface area contributed by atoms with Crippen LogP contribution >= 0.6 is 0 Å². The van der Waals surface area contributed by atoms with E-state index in [2.05, 4.69) is 22.3 Å². The van der Waals surface area contributed by atoms with Crippen LogP contribution in [0.4, 0.5) is 4.39 Å². The Kier molecular flexibility index (Phi) is 7.38. The Balaban J connectivity index is 1.37. The number of esters is 1. The van der Waals surface area contributed by atoms with Gasteiger partial charge in [-0.25, -0.2) is 13.9 Å². The lowest BCUT2D eigenvalue weighted by molar-refractivity contribution is 0.0524. The summed E-state index contributed by atoms with van der Waals surface area (Å²) in [4.78, 5) is 28.0. The van der Waals surface area contributed by atoms with Gasteiger partial charge in [0.1, 0.15) is 11.4 Å². The number of carbonyl (C=O) groups is 2. The van der Waals surface area contributed by atoms with Crippen molar-refractivity contribution < 1.29 is 18.7 Å². The van der Waals surface area contributed by atoms with Gasteiger partial charge in [-0.05, 0) is 49.9 Å². The number of hydrogen-bond donors (Lipinski definition) is 0. The van der Waals surface area contributed by atoms with E-state index >= 15 is 4.39 Å². The predicted octanol–water partition coefficient (Wildman–Crippen LogP) is 5.45. The maximum Gasteiger partial charge on any atom is 0.341 e. The molecule has 0 N–H and O–H groups in total. The number of ether oxygens (including phenoxy) is 1. The number of nitrogens with zero attached hydrogens (tertiary/aromatic N) is 6. The molecule has 1 amide bonds. The van der Waals surface area contributed by atoms with Crippen LogP contribution in [0.25, 0.3) is 16.8 Å². The lowest BCUT2D eigenvalue weighted by Gasteiger charge is -2.21. The first-order chi connectivity index (χ1) is 20.3. The number of rotatable bonds is 7. The van der Waals surface area contributed by atoms with Gasteiger partial charge in [-0.2, -0.15) is 5.10 Å². The molecule has 218 valence electrons. The van der Waals surface area contributed by atoms with E-state index in [1.165, 1.54) is 6.20 Å². The maximum atomic E-state index is 16.0. The van der Waals surface area contributed by atoms with E-state index in [1.54, 1.807) is 39.4 Å². The van der Waals surface area contributed by atoms with Crippen molar-refractivity contribution in [3.63, 3.8) is 0 Å². The molecule has 2 atom stereocenters. The van der Waals surface area contributed by atoms with Gasteiger partial charge in [0.2, 0.25) is 0 Å². The summed E-state index contributed by atoms with van der Waals surface area (Å²) in [5, 5.41) is 13.1. The highest BCUT2D eigenvalue weighted by atomic mass is 19.1. The normalized spacial score (nSPS) is 20.3. The number of amides is 1. The molecular formula is C32H35FN6O3. The Labute approximate surface area is 244 Å². The molecule has 3 heterocycles. The highest BCUT2D eigenvalue weighted by molar-refractivity contribution is 5.96. The molecule has 2 aromatic carbocycles. The molecule has 4 aromatic rings. The molecule has 2 aliphatic rings. The molecule has 1 saturated carbocycles. The van der Waals surface area contributed by atoms with Crippen molar-refractivity contribution in [2.75, 3.05) is 19.7 Å². The number of benzene rings is 2. The van der Waals surface area contributed by atoms with Crippen LogP contribution < -0.4 is 0 Å². The molecule has 2 fully saturated rings. The van der Waals surface area contributed by atoms with E-state index < -0.39 is 11.8 Å². The van der Waals surface area contributed by atoms with Gasteiger partial charge in [0.15, 0.2) is 0 Å². The number of halogens is 1. The van der Waals surface area contributed by atoms with E-state index in [9.17, 15) is 9.59 Å². The molecule has 10 heteroatoms. The molecule has 9 nitrogen and oxygen atoms in total. The Morgan fingerprint density at radius 3 is 2.55 bits per heavy atom. The zero-order chi connectivity index (χ0) is 29.4. The lowest BCUT2D eigenvalue weighted by atomic mass is 9.98. The van der Waals surface area contributed by atoms with Gasteiger partial charge < -0.3 is 9.64 Å². The molecule has 6 rings (SSSR count). The number of hydrogen-bond acceptors (Lipinski definition) is 6. The van der Waals surface area contributed by atoms with Gasteiger partial charge in [-0.1, -0.05) is 49.2 Å². The molecule has 2 aromatic heterocycles. The van der Waals surface area contributed by atoms with E-state index in [-0.39, 0.29) is 29.4 Å². The van der Waals surface area contributed by atoms with Crippen molar-refractivity contribution in [1.29, 1.82) is 0 Å². The highest BCUT2D eigenvalue weighted by Crippen LogP contribution is 2.60. The summed E-state index contributed by atoms with van der Waals surface area (Å²) in [6, 6.07) is 12.3. The van der Waals surface area contributed by atoms with Crippen LogP contribution in [0, 0.1) is 5.82 Å². The first-order valence-electron chi connectivity index (χ1n) is 14.6. The summed E-state index contributed by atoms with van der Waals surface area (Å²) in [7, 11) is 1.83. The van der Waals surface area contributed by atoms with Gasteiger partial charge in [-0.3, -0.25) is 9.48 Å². The molecule has 1 aliphatic carbocycles. The second kappa shape index (κ2) is 11.2. The summed E-state index contributed by atoms with van der Waals surface area (Å²) in [5.41, 5.74) is 3.37. The van der Waals surface area contributed by atoms with Gasteiger partial charge in [0, 0.05) is 43.2 Å². The number of aromatic nitrogens is 5. The summed E-state index contributed by atoms with van der Waals surface area (Å²) in [5.74, 6) is -1.28. The first-order valence-corrected chi connectivity index (χ1v) is 14.6. The Bertz CT molecular complexity index is 1640. The Hall–Kier alpha value is -4.34. The van der Waals surface area contributed by atoms with Crippen molar-refractivity contribution in [2.45, 2.75) is 57.3 Å². The van der Waals surface area contributed by atoms with Crippen LogP contribution in [0.2, 0.25) is 0 Å². The minimum atomic E-state index is -0.533. The third-order valence-corrected chi connectivity index (χ3v) is 8.58. The summed E-state index contributed by atoms with van der Waals surface area (Å²) < 4.78 is 24.7.